The molecule has 2 aromatic carbocycles. The first-order valence-electron chi connectivity index (χ1n) is 15.8. The second-order valence-electron chi connectivity index (χ2n) is 12.3. The van der Waals surface area contributed by atoms with E-state index < -0.39 is 17.8 Å². The summed E-state index contributed by atoms with van der Waals surface area (Å²) >= 11 is 0. The molecule has 6 nitrogen and oxygen atoms in total. The Bertz CT molecular complexity index is 1600. The third kappa shape index (κ3) is 8.12. The van der Waals surface area contributed by atoms with E-state index in [2.05, 4.69) is 27.1 Å². The van der Waals surface area contributed by atoms with Gasteiger partial charge in [0.05, 0.1) is 5.56 Å². The molecule has 1 amide bonds. The lowest BCUT2D eigenvalue weighted by Crippen LogP contribution is -2.43. The van der Waals surface area contributed by atoms with Crippen molar-refractivity contribution in [3.05, 3.63) is 113 Å². The van der Waals surface area contributed by atoms with Crippen molar-refractivity contribution in [2.45, 2.75) is 65.3 Å². The summed E-state index contributed by atoms with van der Waals surface area (Å²) in [4.78, 5) is 24.2. The first-order valence-corrected chi connectivity index (χ1v) is 15.8. The van der Waals surface area contributed by atoms with Crippen molar-refractivity contribution in [2.75, 3.05) is 19.6 Å². The molecule has 5 rings (SSSR count). The summed E-state index contributed by atoms with van der Waals surface area (Å²) in [5.74, 6) is 0.515. The third-order valence-electron chi connectivity index (χ3n) is 8.92. The molecule has 0 unspecified atom stereocenters. The van der Waals surface area contributed by atoms with E-state index in [0.717, 1.165) is 72.4 Å². The van der Waals surface area contributed by atoms with Gasteiger partial charge in [0.1, 0.15) is 6.10 Å². The second kappa shape index (κ2) is 14.5. The maximum absolute atomic E-state index is 13.2. The SMILES string of the molecule is Cc1cccc(O[C@@H](c2ccc(C(F)(F)F)cc2)C2CCN([C@H](C)CCNC(=O)c3c(C)cc(-c4ccncc4)cc3C)CC2)n1. The van der Waals surface area contributed by atoms with Crippen LogP contribution in [0.3, 0.4) is 0 Å². The zero-order valence-electron chi connectivity index (χ0n) is 26.8. The van der Waals surface area contributed by atoms with Gasteiger partial charge in [0, 0.05) is 48.2 Å². The van der Waals surface area contributed by atoms with Crippen LogP contribution in [0.4, 0.5) is 13.2 Å². The van der Waals surface area contributed by atoms with Crippen LogP contribution in [-0.4, -0.2) is 46.5 Å². The molecule has 1 saturated heterocycles. The second-order valence-corrected chi connectivity index (χ2v) is 12.3. The Morgan fingerprint density at radius 2 is 1.61 bits per heavy atom. The molecule has 1 fully saturated rings. The van der Waals surface area contributed by atoms with Gasteiger partial charge in [-0.2, -0.15) is 13.2 Å². The van der Waals surface area contributed by atoms with E-state index in [0.29, 0.717) is 23.6 Å². The van der Waals surface area contributed by atoms with Gasteiger partial charge in [0.2, 0.25) is 5.88 Å². The first kappa shape index (κ1) is 33.1. The minimum atomic E-state index is -4.39. The normalized spacial score (nSPS) is 15.7. The molecule has 9 heteroatoms. The van der Waals surface area contributed by atoms with Crippen LogP contribution in [0.15, 0.2) is 79.1 Å². The van der Waals surface area contributed by atoms with Gasteiger partial charge in [-0.1, -0.05) is 30.3 Å². The molecule has 1 N–H and O–H groups in total. The van der Waals surface area contributed by atoms with E-state index in [1.54, 1.807) is 18.5 Å². The number of amides is 1. The van der Waals surface area contributed by atoms with Crippen LogP contribution in [0.2, 0.25) is 0 Å². The fraction of sp³-hybridized carbons (Fsp3) is 0.378. The highest BCUT2D eigenvalue weighted by Crippen LogP contribution is 2.37. The van der Waals surface area contributed by atoms with Crippen molar-refractivity contribution < 1.29 is 22.7 Å². The number of pyridine rings is 2. The topological polar surface area (TPSA) is 67.3 Å². The highest BCUT2D eigenvalue weighted by molar-refractivity contribution is 5.97. The lowest BCUT2D eigenvalue weighted by Gasteiger charge is -2.39. The van der Waals surface area contributed by atoms with Crippen LogP contribution < -0.4 is 10.1 Å². The minimum Gasteiger partial charge on any atom is -0.469 e. The number of hydrogen-bond donors (Lipinski definition) is 1. The molecule has 2 atom stereocenters. The van der Waals surface area contributed by atoms with Crippen molar-refractivity contribution in [3.63, 3.8) is 0 Å². The van der Waals surface area contributed by atoms with E-state index >= 15 is 0 Å². The van der Waals surface area contributed by atoms with E-state index in [1.165, 1.54) is 12.1 Å². The van der Waals surface area contributed by atoms with Gasteiger partial charge in [0.15, 0.2) is 0 Å². The molecular formula is C37H41F3N4O2. The number of halogens is 3. The monoisotopic (exact) mass is 630 g/mol. The lowest BCUT2D eigenvalue weighted by molar-refractivity contribution is -0.137. The maximum atomic E-state index is 13.2. The Kier molecular flexibility index (Phi) is 10.4. The highest BCUT2D eigenvalue weighted by atomic mass is 19.4. The van der Waals surface area contributed by atoms with Crippen molar-refractivity contribution >= 4 is 5.91 Å². The van der Waals surface area contributed by atoms with Gasteiger partial charge in [-0.25, -0.2) is 4.98 Å². The Balaban J connectivity index is 1.17. The average molecular weight is 631 g/mol. The van der Waals surface area contributed by atoms with Gasteiger partial charge in [-0.05, 0) is 118 Å². The Labute approximate surface area is 269 Å². The third-order valence-corrected chi connectivity index (χ3v) is 8.92. The summed E-state index contributed by atoms with van der Waals surface area (Å²) in [5.41, 5.74) is 5.56. The largest absolute Gasteiger partial charge is 0.469 e. The number of nitrogens with zero attached hydrogens (tertiary/aromatic N) is 3. The molecule has 0 saturated carbocycles. The molecule has 0 spiro atoms. The van der Waals surface area contributed by atoms with E-state index in [-0.39, 0.29) is 17.9 Å². The molecule has 0 aliphatic carbocycles. The van der Waals surface area contributed by atoms with Gasteiger partial charge < -0.3 is 15.0 Å². The number of nitrogens with one attached hydrogen (secondary N) is 1. The van der Waals surface area contributed by atoms with Crippen LogP contribution in [-0.2, 0) is 6.18 Å². The van der Waals surface area contributed by atoms with Crippen LogP contribution in [0.1, 0.15) is 70.6 Å². The molecule has 46 heavy (non-hydrogen) atoms. The Hall–Kier alpha value is -4.24. The number of carbonyl (C=O) groups excluding carboxylic acids is 1. The van der Waals surface area contributed by atoms with Crippen LogP contribution >= 0.6 is 0 Å². The average Bonchev–Trinajstić information content (AvgIpc) is 3.03. The number of alkyl halides is 3. The quantitative estimate of drug-likeness (QED) is 0.192. The highest BCUT2D eigenvalue weighted by Gasteiger charge is 2.33. The van der Waals surface area contributed by atoms with Crippen LogP contribution in [0.25, 0.3) is 11.1 Å². The van der Waals surface area contributed by atoms with Gasteiger partial charge in [-0.15, -0.1) is 0 Å². The fourth-order valence-corrected chi connectivity index (χ4v) is 6.37. The zero-order valence-corrected chi connectivity index (χ0v) is 26.8. The Morgan fingerprint density at radius 1 is 0.957 bits per heavy atom. The van der Waals surface area contributed by atoms with Crippen molar-refractivity contribution in [3.8, 4) is 17.0 Å². The molecule has 4 aromatic rings. The van der Waals surface area contributed by atoms with Crippen molar-refractivity contribution in [1.82, 2.24) is 20.2 Å². The minimum absolute atomic E-state index is 0.0662. The lowest BCUT2D eigenvalue weighted by atomic mass is 9.86. The number of carbonyl (C=O) groups is 1. The van der Waals surface area contributed by atoms with Crippen LogP contribution in [0, 0.1) is 26.7 Å². The van der Waals surface area contributed by atoms with Crippen LogP contribution in [0.5, 0.6) is 5.88 Å². The summed E-state index contributed by atoms with van der Waals surface area (Å²) in [6.45, 7) is 10.2. The molecule has 0 bridgehead atoms. The predicted molar refractivity (Wildman–Crippen MR) is 174 cm³/mol. The molecule has 1 aliphatic rings. The molecule has 242 valence electrons. The molecule has 1 aliphatic heterocycles. The van der Waals surface area contributed by atoms with Crippen molar-refractivity contribution in [2.24, 2.45) is 5.92 Å². The summed E-state index contributed by atoms with van der Waals surface area (Å²) in [5, 5.41) is 3.12. The van der Waals surface area contributed by atoms with E-state index in [1.807, 2.05) is 57.2 Å². The standard InChI is InChI=1S/C37H41F3N4O2/c1-24-22-31(28-13-17-41-18-14-28)23-25(2)34(24)36(45)42-19-12-27(4)44-20-15-30(16-21-44)35(46-33-7-5-6-26(3)43-33)29-8-10-32(11-9-29)37(38,39)40/h5-11,13-14,17-18,22-23,27,30,35H,12,15-16,19-21H2,1-4H3,(H,42,45)/t27-,35+/m1/s1. The molecule has 3 heterocycles. The van der Waals surface area contributed by atoms with Gasteiger partial charge >= 0.3 is 6.18 Å². The molecule has 2 aromatic heterocycles. The number of hydrogen-bond acceptors (Lipinski definition) is 5. The summed E-state index contributed by atoms with van der Waals surface area (Å²) in [7, 11) is 0. The number of rotatable bonds is 10. The van der Waals surface area contributed by atoms with Gasteiger partial charge in [-0.3, -0.25) is 9.78 Å². The predicted octanol–water partition coefficient (Wildman–Crippen LogP) is 8.13. The summed E-state index contributed by atoms with van der Waals surface area (Å²) in [6.07, 6.45) is 1.18. The Morgan fingerprint density at radius 3 is 2.22 bits per heavy atom. The van der Waals surface area contributed by atoms with E-state index in [4.69, 9.17) is 4.74 Å². The van der Waals surface area contributed by atoms with E-state index in [9.17, 15) is 18.0 Å². The smallest absolute Gasteiger partial charge is 0.416 e. The number of aromatic nitrogens is 2. The number of piperidine rings is 1. The number of aryl methyl sites for hydroxylation is 3. The summed E-state index contributed by atoms with van der Waals surface area (Å²) < 4.78 is 46.1. The molecule has 0 radical (unpaired) electrons. The maximum Gasteiger partial charge on any atom is 0.416 e. The number of ether oxygens (including phenoxy) is 1. The number of likely N-dealkylation sites (tertiary alicyclic amines) is 1. The number of benzene rings is 2. The molecular weight excluding hydrogens is 589 g/mol. The van der Waals surface area contributed by atoms with Gasteiger partial charge in [0.25, 0.3) is 5.91 Å². The fourth-order valence-electron chi connectivity index (χ4n) is 6.37. The summed E-state index contributed by atoms with van der Waals surface area (Å²) in [6, 6.07) is 19.1. The zero-order chi connectivity index (χ0) is 32.8. The first-order chi connectivity index (χ1) is 22.0. The van der Waals surface area contributed by atoms with Crippen molar-refractivity contribution in [1.29, 1.82) is 0 Å².